The lowest BCUT2D eigenvalue weighted by atomic mass is 9.95. The molecule has 1 aliphatic rings. The van der Waals surface area contributed by atoms with Crippen molar-refractivity contribution in [2.45, 2.75) is 12.5 Å². The molecule has 2 rings (SSSR count). The lowest BCUT2D eigenvalue weighted by Gasteiger charge is -2.17. The van der Waals surface area contributed by atoms with Crippen molar-refractivity contribution in [3.8, 4) is 0 Å². The highest BCUT2D eigenvalue weighted by molar-refractivity contribution is 6.30. The van der Waals surface area contributed by atoms with E-state index in [2.05, 4.69) is 5.32 Å². The normalized spacial score (nSPS) is 23.7. The molecule has 0 bridgehead atoms. The number of aliphatic hydroxyl groups excluding tert-OH is 1. The highest BCUT2D eigenvalue weighted by Crippen LogP contribution is 2.27. The molecular formula is C11H14ClNO. The van der Waals surface area contributed by atoms with Crippen molar-refractivity contribution in [3.05, 3.63) is 34.9 Å². The lowest BCUT2D eigenvalue weighted by Crippen LogP contribution is -2.15. The van der Waals surface area contributed by atoms with Gasteiger partial charge in [0.1, 0.15) is 0 Å². The molecule has 2 N–H and O–H groups in total. The number of halogens is 1. The summed E-state index contributed by atoms with van der Waals surface area (Å²) >= 11 is 5.78. The van der Waals surface area contributed by atoms with Gasteiger partial charge in [-0.3, -0.25) is 0 Å². The molecule has 1 aromatic carbocycles. The third-order valence-electron chi connectivity index (χ3n) is 2.76. The van der Waals surface area contributed by atoms with Crippen molar-refractivity contribution in [2.24, 2.45) is 5.92 Å². The summed E-state index contributed by atoms with van der Waals surface area (Å²) in [6.07, 6.45) is 0.686. The van der Waals surface area contributed by atoms with Crippen LogP contribution in [-0.2, 0) is 0 Å². The van der Waals surface area contributed by atoms with Crippen LogP contribution in [0.25, 0.3) is 0 Å². The van der Waals surface area contributed by atoms with Gasteiger partial charge in [-0.1, -0.05) is 23.7 Å². The van der Waals surface area contributed by atoms with E-state index in [0.717, 1.165) is 25.1 Å². The maximum atomic E-state index is 10.0. The minimum absolute atomic E-state index is 0.344. The van der Waals surface area contributed by atoms with Gasteiger partial charge >= 0.3 is 0 Å². The molecule has 2 nitrogen and oxygen atoms in total. The largest absolute Gasteiger partial charge is 0.388 e. The maximum Gasteiger partial charge on any atom is 0.0830 e. The summed E-state index contributed by atoms with van der Waals surface area (Å²) in [4.78, 5) is 0. The maximum absolute atomic E-state index is 10.0. The van der Waals surface area contributed by atoms with E-state index in [4.69, 9.17) is 11.6 Å². The Morgan fingerprint density at radius 3 is 2.64 bits per heavy atom. The van der Waals surface area contributed by atoms with Crippen LogP contribution in [0.2, 0.25) is 5.02 Å². The standard InChI is InChI=1S/C11H14ClNO/c12-10-3-1-8(2-4-10)11(14)9-5-6-13-7-9/h1-4,9,11,13-14H,5-7H2/t9-,11?/m1/s1. The summed E-state index contributed by atoms with van der Waals surface area (Å²) in [7, 11) is 0. The molecule has 1 unspecified atom stereocenters. The third kappa shape index (κ3) is 2.08. The zero-order valence-electron chi connectivity index (χ0n) is 7.91. The van der Waals surface area contributed by atoms with Crippen molar-refractivity contribution in [3.63, 3.8) is 0 Å². The fraction of sp³-hybridized carbons (Fsp3) is 0.455. The third-order valence-corrected chi connectivity index (χ3v) is 3.01. The summed E-state index contributed by atoms with van der Waals surface area (Å²) in [6, 6.07) is 7.43. The van der Waals surface area contributed by atoms with E-state index in [1.165, 1.54) is 0 Å². The first-order chi connectivity index (χ1) is 6.77. The summed E-state index contributed by atoms with van der Waals surface area (Å²) in [5, 5.41) is 14.0. The number of aliphatic hydroxyl groups is 1. The van der Waals surface area contributed by atoms with Crippen molar-refractivity contribution in [1.82, 2.24) is 5.32 Å². The van der Waals surface area contributed by atoms with E-state index in [0.29, 0.717) is 10.9 Å². The summed E-state index contributed by atoms with van der Waals surface area (Å²) in [5.74, 6) is 0.344. The van der Waals surface area contributed by atoms with Gasteiger partial charge < -0.3 is 10.4 Å². The molecule has 0 amide bonds. The van der Waals surface area contributed by atoms with Crippen LogP contribution in [0.3, 0.4) is 0 Å². The van der Waals surface area contributed by atoms with Crippen LogP contribution in [-0.4, -0.2) is 18.2 Å². The lowest BCUT2D eigenvalue weighted by molar-refractivity contribution is 0.118. The van der Waals surface area contributed by atoms with Crippen LogP contribution in [0.15, 0.2) is 24.3 Å². The molecule has 0 radical (unpaired) electrons. The Morgan fingerprint density at radius 2 is 2.07 bits per heavy atom. The quantitative estimate of drug-likeness (QED) is 0.784. The summed E-state index contributed by atoms with van der Waals surface area (Å²) in [5.41, 5.74) is 0.961. The van der Waals surface area contributed by atoms with Crippen molar-refractivity contribution >= 4 is 11.6 Å². The van der Waals surface area contributed by atoms with Gasteiger partial charge in [0.05, 0.1) is 6.10 Å². The van der Waals surface area contributed by atoms with Crippen molar-refractivity contribution in [1.29, 1.82) is 0 Å². The number of benzene rings is 1. The molecule has 1 fully saturated rings. The predicted molar refractivity (Wildman–Crippen MR) is 57.4 cm³/mol. The first-order valence-corrected chi connectivity index (χ1v) is 5.29. The first kappa shape index (κ1) is 9.97. The summed E-state index contributed by atoms with van der Waals surface area (Å²) in [6.45, 7) is 1.92. The molecular weight excluding hydrogens is 198 g/mol. The molecule has 76 valence electrons. The van der Waals surface area contributed by atoms with E-state index in [1.807, 2.05) is 24.3 Å². The number of nitrogens with one attached hydrogen (secondary N) is 1. The smallest absolute Gasteiger partial charge is 0.0830 e. The zero-order chi connectivity index (χ0) is 9.97. The molecule has 3 heteroatoms. The minimum Gasteiger partial charge on any atom is -0.388 e. The Labute approximate surface area is 88.9 Å². The zero-order valence-corrected chi connectivity index (χ0v) is 8.67. The van der Waals surface area contributed by atoms with Gasteiger partial charge in [-0.25, -0.2) is 0 Å². The van der Waals surface area contributed by atoms with Crippen LogP contribution in [0, 0.1) is 5.92 Å². The average molecular weight is 212 g/mol. The Balaban J connectivity index is 2.09. The van der Waals surface area contributed by atoms with E-state index < -0.39 is 0 Å². The van der Waals surface area contributed by atoms with Gasteiger partial charge in [0.2, 0.25) is 0 Å². The molecule has 1 heterocycles. The van der Waals surface area contributed by atoms with Crippen LogP contribution in [0.5, 0.6) is 0 Å². The fourth-order valence-corrected chi connectivity index (χ4v) is 2.00. The van der Waals surface area contributed by atoms with E-state index in [-0.39, 0.29) is 6.10 Å². The Hall–Kier alpha value is -0.570. The fourth-order valence-electron chi connectivity index (χ4n) is 1.88. The van der Waals surface area contributed by atoms with Gasteiger partial charge in [0.25, 0.3) is 0 Å². The first-order valence-electron chi connectivity index (χ1n) is 4.91. The SMILES string of the molecule is OC(c1ccc(Cl)cc1)[C@@H]1CCNC1. The van der Waals surface area contributed by atoms with Gasteiger partial charge in [0, 0.05) is 17.5 Å². The summed E-state index contributed by atoms with van der Waals surface area (Å²) < 4.78 is 0. The second-order valence-corrected chi connectivity index (χ2v) is 4.19. The monoisotopic (exact) mass is 211 g/mol. The molecule has 2 atom stereocenters. The highest BCUT2D eigenvalue weighted by atomic mass is 35.5. The number of hydrogen-bond acceptors (Lipinski definition) is 2. The molecule has 0 aromatic heterocycles. The van der Waals surface area contributed by atoms with Gasteiger partial charge in [-0.15, -0.1) is 0 Å². The molecule has 1 saturated heterocycles. The Kier molecular flexibility index (Phi) is 3.06. The van der Waals surface area contributed by atoms with Crippen molar-refractivity contribution in [2.75, 3.05) is 13.1 Å². The van der Waals surface area contributed by atoms with Gasteiger partial charge in [-0.2, -0.15) is 0 Å². The predicted octanol–water partition coefficient (Wildman–Crippen LogP) is 1.98. The van der Waals surface area contributed by atoms with E-state index in [9.17, 15) is 5.11 Å². The second kappa shape index (κ2) is 4.30. The number of hydrogen-bond donors (Lipinski definition) is 2. The molecule has 0 spiro atoms. The van der Waals surface area contributed by atoms with Crippen molar-refractivity contribution < 1.29 is 5.11 Å². The highest BCUT2D eigenvalue weighted by Gasteiger charge is 2.23. The molecule has 14 heavy (non-hydrogen) atoms. The van der Waals surface area contributed by atoms with E-state index in [1.54, 1.807) is 0 Å². The van der Waals surface area contributed by atoms with Crippen LogP contribution in [0.4, 0.5) is 0 Å². The van der Waals surface area contributed by atoms with Gasteiger partial charge in [0.15, 0.2) is 0 Å². The Morgan fingerprint density at radius 1 is 1.36 bits per heavy atom. The Bertz CT molecular complexity index is 293. The second-order valence-electron chi connectivity index (χ2n) is 3.75. The van der Waals surface area contributed by atoms with Gasteiger partial charge in [-0.05, 0) is 30.7 Å². The van der Waals surface area contributed by atoms with Crippen LogP contribution >= 0.6 is 11.6 Å². The average Bonchev–Trinajstić information content (AvgIpc) is 2.71. The van der Waals surface area contributed by atoms with Crippen LogP contribution in [0.1, 0.15) is 18.1 Å². The molecule has 1 aliphatic heterocycles. The molecule has 1 aromatic rings. The topological polar surface area (TPSA) is 32.3 Å². The van der Waals surface area contributed by atoms with Crippen LogP contribution < -0.4 is 5.32 Å². The molecule has 0 aliphatic carbocycles. The minimum atomic E-state index is -0.359. The number of rotatable bonds is 2. The molecule has 0 saturated carbocycles. The van der Waals surface area contributed by atoms with E-state index >= 15 is 0 Å².